The largest absolute Gasteiger partial charge is 0.506 e. The molecule has 1 aromatic carbocycles. The quantitative estimate of drug-likeness (QED) is 0.742. The molecule has 0 bridgehead atoms. The van der Waals surface area contributed by atoms with E-state index in [9.17, 15) is 14.7 Å². The fourth-order valence-electron chi connectivity index (χ4n) is 1.87. The number of carbonyl (C=O) groups is 2. The summed E-state index contributed by atoms with van der Waals surface area (Å²) in [4.78, 5) is 23.1. The maximum Gasteiger partial charge on any atom is 0.335 e. The van der Waals surface area contributed by atoms with Gasteiger partial charge in [0.15, 0.2) is 0 Å². The van der Waals surface area contributed by atoms with Crippen LogP contribution >= 0.6 is 0 Å². The number of benzene rings is 1. The lowest BCUT2D eigenvalue weighted by atomic mass is 10.2. The van der Waals surface area contributed by atoms with Crippen molar-refractivity contribution < 1.29 is 19.8 Å². The molecule has 2 rings (SSSR count). The molecular formula is C14H15N3O4. The fraction of sp³-hybridized carbons (Fsp3) is 0.214. The molecular weight excluding hydrogens is 274 g/mol. The Balaban J connectivity index is 2.28. The number of nitrogens with one attached hydrogen (secondary N) is 1. The second-order valence-electron chi connectivity index (χ2n) is 4.49. The number of carboxylic acid groups (broad SMARTS) is 1. The summed E-state index contributed by atoms with van der Waals surface area (Å²) < 4.78 is 1.44. The lowest BCUT2D eigenvalue weighted by Crippen LogP contribution is -2.16. The van der Waals surface area contributed by atoms with E-state index in [4.69, 9.17) is 5.11 Å². The third-order valence-corrected chi connectivity index (χ3v) is 3.02. The Kier molecular flexibility index (Phi) is 3.93. The normalized spacial score (nSPS) is 10.4. The summed E-state index contributed by atoms with van der Waals surface area (Å²) >= 11 is 0. The van der Waals surface area contributed by atoms with Gasteiger partial charge in [0, 0.05) is 7.05 Å². The standard InChI is InChI=1S/C14H15N3O4/c1-3-9-7-11(17(2)16-9)13(19)15-10-6-8(14(20)21)4-5-12(10)18/h4-7,18H,3H2,1-2H3,(H,15,19)(H,20,21). The van der Waals surface area contributed by atoms with Crippen molar-refractivity contribution in [1.82, 2.24) is 9.78 Å². The molecule has 1 amide bonds. The molecule has 7 nitrogen and oxygen atoms in total. The average molecular weight is 289 g/mol. The Morgan fingerprint density at radius 3 is 2.62 bits per heavy atom. The van der Waals surface area contributed by atoms with Crippen LogP contribution in [0.5, 0.6) is 5.75 Å². The van der Waals surface area contributed by atoms with Crippen molar-refractivity contribution in [3.05, 3.63) is 41.2 Å². The van der Waals surface area contributed by atoms with Crippen LogP contribution in [0.3, 0.4) is 0 Å². The summed E-state index contributed by atoms with van der Waals surface area (Å²) in [6, 6.07) is 5.33. The number of aromatic carboxylic acids is 1. The van der Waals surface area contributed by atoms with Gasteiger partial charge in [0.25, 0.3) is 5.91 Å². The monoisotopic (exact) mass is 289 g/mol. The fourth-order valence-corrected chi connectivity index (χ4v) is 1.87. The highest BCUT2D eigenvalue weighted by molar-refractivity contribution is 6.04. The minimum absolute atomic E-state index is 0.0256. The van der Waals surface area contributed by atoms with Gasteiger partial charge in [-0.3, -0.25) is 9.48 Å². The summed E-state index contributed by atoms with van der Waals surface area (Å²) in [7, 11) is 1.64. The van der Waals surface area contributed by atoms with Crippen LogP contribution in [0.4, 0.5) is 5.69 Å². The zero-order valence-electron chi connectivity index (χ0n) is 11.6. The molecule has 0 saturated carbocycles. The molecule has 7 heteroatoms. The molecule has 0 aliphatic carbocycles. The van der Waals surface area contributed by atoms with Gasteiger partial charge in [-0.2, -0.15) is 5.10 Å². The Hall–Kier alpha value is -2.83. The van der Waals surface area contributed by atoms with Crippen LogP contribution in [0.1, 0.15) is 33.5 Å². The summed E-state index contributed by atoms with van der Waals surface area (Å²) in [5.74, 6) is -1.81. The predicted octanol–water partition coefficient (Wildman–Crippen LogP) is 1.64. The molecule has 110 valence electrons. The zero-order valence-corrected chi connectivity index (χ0v) is 11.6. The van der Waals surface area contributed by atoms with Gasteiger partial charge in [-0.05, 0) is 30.7 Å². The van der Waals surface area contributed by atoms with E-state index in [0.29, 0.717) is 12.1 Å². The van der Waals surface area contributed by atoms with Crippen molar-refractivity contribution in [3.63, 3.8) is 0 Å². The SMILES string of the molecule is CCc1cc(C(=O)Nc2cc(C(=O)O)ccc2O)n(C)n1. The molecule has 0 saturated heterocycles. The number of phenols is 1. The molecule has 0 unspecified atom stereocenters. The number of nitrogens with zero attached hydrogens (tertiary/aromatic N) is 2. The first kappa shape index (κ1) is 14.6. The third-order valence-electron chi connectivity index (χ3n) is 3.02. The number of rotatable bonds is 4. The molecule has 3 N–H and O–H groups in total. The van der Waals surface area contributed by atoms with E-state index in [1.54, 1.807) is 13.1 Å². The predicted molar refractivity (Wildman–Crippen MR) is 75.6 cm³/mol. The number of aromatic nitrogens is 2. The van der Waals surface area contributed by atoms with E-state index < -0.39 is 11.9 Å². The van der Waals surface area contributed by atoms with Crippen LogP contribution in [-0.4, -0.2) is 31.9 Å². The number of hydrogen-bond acceptors (Lipinski definition) is 4. The average Bonchev–Trinajstić information content (AvgIpc) is 2.82. The number of aryl methyl sites for hydroxylation is 2. The second kappa shape index (κ2) is 5.66. The maximum atomic E-state index is 12.2. The van der Waals surface area contributed by atoms with Crippen LogP contribution in [0, 0.1) is 0 Å². The number of phenolic OH excluding ortho intramolecular Hbond substituents is 1. The van der Waals surface area contributed by atoms with Crippen LogP contribution in [0.25, 0.3) is 0 Å². The molecule has 0 aliphatic heterocycles. The molecule has 1 heterocycles. The Labute approximate surface area is 120 Å². The van der Waals surface area contributed by atoms with Gasteiger partial charge >= 0.3 is 5.97 Å². The van der Waals surface area contributed by atoms with Crippen LogP contribution in [0.2, 0.25) is 0 Å². The topological polar surface area (TPSA) is 104 Å². The van der Waals surface area contributed by atoms with Crippen molar-refractivity contribution in [2.24, 2.45) is 7.05 Å². The molecule has 0 spiro atoms. The highest BCUT2D eigenvalue weighted by atomic mass is 16.4. The van der Waals surface area contributed by atoms with Gasteiger partial charge in [-0.15, -0.1) is 0 Å². The van der Waals surface area contributed by atoms with Gasteiger partial charge in [0.05, 0.1) is 16.9 Å². The summed E-state index contributed by atoms with van der Waals surface area (Å²) in [5.41, 5.74) is 1.11. The number of hydrogen-bond donors (Lipinski definition) is 3. The zero-order chi connectivity index (χ0) is 15.6. The number of amides is 1. The molecule has 0 radical (unpaired) electrons. The van der Waals surface area contributed by atoms with Crippen molar-refractivity contribution in [3.8, 4) is 5.75 Å². The number of aromatic hydroxyl groups is 1. The van der Waals surface area contributed by atoms with Crippen LogP contribution < -0.4 is 5.32 Å². The number of anilines is 1. The molecule has 1 aromatic heterocycles. The van der Waals surface area contributed by atoms with E-state index in [1.165, 1.54) is 22.9 Å². The van der Waals surface area contributed by atoms with E-state index in [-0.39, 0.29) is 17.0 Å². The molecule has 21 heavy (non-hydrogen) atoms. The summed E-state index contributed by atoms with van der Waals surface area (Å²) in [6.45, 7) is 1.92. The summed E-state index contributed by atoms with van der Waals surface area (Å²) in [5, 5.41) is 25.3. The third kappa shape index (κ3) is 3.02. The highest BCUT2D eigenvalue weighted by Gasteiger charge is 2.15. The van der Waals surface area contributed by atoms with Crippen molar-refractivity contribution in [2.45, 2.75) is 13.3 Å². The Morgan fingerprint density at radius 2 is 2.05 bits per heavy atom. The minimum atomic E-state index is -1.14. The van der Waals surface area contributed by atoms with Crippen LogP contribution in [0.15, 0.2) is 24.3 Å². The van der Waals surface area contributed by atoms with Gasteiger partial charge in [0.1, 0.15) is 11.4 Å². The van der Waals surface area contributed by atoms with Gasteiger partial charge in [0.2, 0.25) is 0 Å². The Morgan fingerprint density at radius 1 is 1.33 bits per heavy atom. The first-order chi connectivity index (χ1) is 9.92. The van der Waals surface area contributed by atoms with Crippen molar-refractivity contribution in [1.29, 1.82) is 0 Å². The van der Waals surface area contributed by atoms with E-state index in [0.717, 1.165) is 5.69 Å². The number of carboxylic acids is 1. The van der Waals surface area contributed by atoms with E-state index in [2.05, 4.69) is 10.4 Å². The number of carbonyl (C=O) groups excluding carboxylic acids is 1. The van der Waals surface area contributed by atoms with Gasteiger partial charge in [-0.25, -0.2) is 4.79 Å². The second-order valence-corrected chi connectivity index (χ2v) is 4.49. The molecule has 0 aliphatic rings. The first-order valence-electron chi connectivity index (χ1n) is 6.33. The van der Waals surface area contributed by atoms with Crippen molar-refractivity contribution >= 4 is 17.6 Å². The Bertz CT molecular complexity index is 706. The smallest absolute Gasteiger partial charge is 0.335 e. The minimum Gasteiger partial charge on any atom is -0.506 e. The van der Waals surface area contributed by atoms with E-state index >= 15 is 0 Å². The van der Waals surface area contributed by atoms with Crippen LogP contribution in [-0.2, 0) is 13.5 Å². The lowest BCUT2D eigenvalue weighted by molar-refractivity contribution is 0.0696. The molecule has 2 aromatic rings. The summed E-state index contributed by atoms with van der Waals surface area (Å²) in [6.07, 6.45) is 0.695. The lowest BCUT2D eigenvalue weighted by Gasteiger charge is -2.08. The van der Waals surface area contributed by atoms with Gasteiger partial charge < -0.3 is 15.5 Å². The first-order valence-corrected chi connectivity index (χ1v) is 6.33. The molecule has 0 atom stereocenters. The maximum absolute atomic E-state index is 12.2. The highest BCUT2D eigenvalue weighted by Crippen LogP contribution is 2.25. The molecule has 0 fully saturated rings. The van der Waals surface area contributed by atoms with Crippen molar-refractivity contribution in [2.75, 3.05) is 5.32 Å². The van der Waals surface area contributed by atoms with Gasteiger partial charge in [-0.1, -0.05) is 6.92 Å². The van der Waals surface area contributed by atoms with E-state index in [1.807, 2.05) is 6.92 Å².